The van der Waals surface area contributed by atoms with Gasteiger partial charge in [0.2, 0.25) is 0 Å². The van der Waals surface area contributed by atoms with Gasteiger partial charge in [-0.1, -0.05) is 30.3 Å². The van der Waals surface area contributed by atoms with E-state index in [1.54, 1.807) is 24.3 Å². The standard InChI is InChI=1S/C16H15F2N.C4H4O4/c1-11(19)10-16(12-2-6-14(17)7-3-12)13-4-8-15(18)9-5-13;5-3(6)1-2-4(7)8/h2-11H,19H2,1H3;1-2H,(H,5,6)(H,7,8)/b;2-1+. The van der Waals surface area contributed by atoms with E-state index in [-0.39, 0.29) is 17.7 Å². The Morgan fingerprint density at radius 3 is 1.44 bits per heavy atom. The van der Waals surface area contributed by atoms with Crippen molar-refractivity contribution in [1.29, 1.82) is 0 Å². The maximum absolute atomic E-state index is 13.0. The average Bonchev–Trinajstić information content (AvgIpc) is 2.60. The first-order valence-electron chi connectivity index (χ1n) is 7.82. The van der Waals surface area contributed by atoms with Crippen molar-refractivity contribution in [3.8, 4) is 0 Å². The lowest BCUT2D eigenvalue weighted by molar-refractivity contribution is -0.134. The van der Waals surface area contributed by atoms with Gasteiger partial charge in [-0.2, -0.15) is 0 Å². The third-order valence-electron chi connectivity index (χ3n) is 3.11. The van der Waals surface area contributed by atoms with E-state index < -0.39 is 11.9 Å². The molecule has 0 saturated heterocycles. The number of hydrogen-bond acceptors (Lipinski definition) is 3. The fourth-order valence-electron chi connectivity index (χ4n) is 2.02. The predicted octanol–water partition coefficient (Wildman–Crippen LogP) is 3.46. The van der Waals surface area contributed by atoms with Crippen LogP contribution in [-0.4, -0.2) is 28.2 Å². The van der Waals surface area contributed by atoms with Crippen LogP contribution >= 0.6 is 0 Å². The fraction of sp³-hybridized carbons (Fsp3) is 0.100. The van der Waals surface area contributed by atoms with Crippen LogP contribution in [0.3, 0.4) is 0 Å². The Bertz CT molecular complexity index is 763. The Balaban J connectivity index is 0.000000387. The van der Waals surface area contributed by atoms with Crippen molar-refractivity contribution in [2.75, 3.05) is 0 Å². The molecule has 142 valence electrons. The maximum Gasteiger partial charge on any atom is 0.328 e. The molecular weight excluding hydrogens is 356 g/mol. The normalized spacial score (nSPS) is 11.3. The molecule has 0 aliphatic heterocycles. The molecule has 2 aromatic carbocycles. The summed E-state index contributed by atoms with van der Waals surface area (Å²) in [6.07, 6.45) is 2.99. The van der Waals surface area contributed by atoms with Crippen LogP contribution in [0.15, 0.2) is 66.8 Å². The Kier molecular flexibility index (Phi) is 8.55. The molecule has 1 atom stereocenters. The summed E-state index contributed by atoms with van der Waals surface area (Å²) in [5, 5.41) is 15.6. The van der Waals surface area contributed by atoms with Gasteiger partial charge in [0, 0.05) is 18.2 Å². The summed E-state index contributed by atoms with van der Waals surface area (Å²) in [6, 6.07) is 12.2. The first kappa shape index (κ1) is 21.7. The fourth-order valence-corrected chi connectivity index (χ4v) is 2.02. The monoisotopic (exact) mass is 375 g/mol. The van der Waals surface area contributed by atoms with Gasteiger partial charge in [-0.3, -0.25) is 0 Å². The largest absolute Gasteiger partial charge is 0.478 e. The number of aliphatic carboxylic acids is 2. The van der Waals surface area contributed by atoms with Crippen LogP contribution in [-0.2, 0) is 9.59 Å². The highest BCUT2D eigenvalue weighted by molar-refractivity contribution is 5.89. The second-order valence-corrected chi connectivity index (χ2v) is 5.46. The highest BCUT2D eigenvalue weighted by Gasteiger charge is 2.06. The van der Waals surface area contributed by atoms with Crippen LogP contribution in [0.5, 0.6) is 0 Å². The molecule has 7 heteroatoms. The molecule has 0 saturated carbocycles. The molecule has 0 aliphatic rings. The summed E-state index contributed by atoms with van der Waals surface area (Å²) in [7, 11) is 0. The number of benzene rings is 2. The number of halogens is 2. The van der Waals surface area contributed by atoms with Crippen LogP contribution in [0, 0.1) is 11.6 Å². The van der Waals surface area contributed by atoms with Crippen molar-refractivity contribution in [3.63, 3.8) is 0 Å². The minimum atomic E-state index is -1.26. The topological polar surface area (TPSA) is 101 Å². The Labute approximate surface area is 155 Å². The van der Waals surface area contributed by atoms with Gasteiger partial charge in [0.05, 0.1) is 0 Å². The molecule has 2 rings (SSSR count). The lowest BCUT2D eigenvalue weighted by Crippen LogP contribution is -2.11. The molecule has 2 aromatic rings. The summed E-state index contributed by atoms with van der Waals surface area (Å²) in [5.41, 5.74) is 8.38. The van der Waals surface area contributed by atoms with Gasteiger partial charge in [0.15, 0.2) is 0 Å². The van der Waals surface area contributed by atoms with E-state index in [9.17, 15) is 18.4 Å². The van der Waals surface area contributed by atoms with Gasteiger partial charge in [-0.05, 0) is 47.9 Å². The molecule has 0 aliphatic carbocycles. The number of rotatable bonds is 5. The van der Waals surface area contributed by atoms with Gasteiger partial charge < -0.3 is 15.9 Å². The molecule has 0 aromatic heterocycles. The summed E-state index contributed by atoms with van der Waals surface area (Å²) in [4.78, 5) is 19.1. The summed E-state index contributed by atoms with van der Waals surface area (Å²) in [5.74, 6) is -3.09. The molecular formula is C20H19F2NO4. The van der Waals surface area contributed by atoms with Crippen LogP contribution in [0.2, 0.25) is 0 Å². The third-order valence-corrected chi connectivity index (χ3v) is 3.11. The smallest absolute Gasteiger partial charge is 0.328 e. The number of nitrogens with two attached hydrogens (primary N) is 1. The number of carboxylic acids is 2. The zero-order valence-corrected chi connectivity index (χ0v) is 14.5. The zero-order chi connectivity index (χ0) is 20.4. The van der Waals surface area contributed by atoms with E-state index in [0.717, 1.165) is 16.7 Å². The van der Waals surface area contributed by atoms with E-state index in [1.165, 1.54) is 24.3 Å². The molecule has 27 heavy (non-hydrogen) atoms. The Morgan fingerprint density at radius 1 is 0.852 bits per heavy atom. The van der Waals surface area contributed by atoms with Crippen molar-refractivity contribution in [1.82, 2.24) is 0 Å². The highest BCUT2D eigenvalue weighted by Crippen LogP contribution is 2.24. The molecule has 0 radical (unpaired) electrons. The number of carboxylic acid groups (broad SMARTS) is 2. The Morgan fingerprint density at radius 2 is 1.19 bits per heavy atom. The van der Waals surface area contributed by atoms with E-state index in [4.69, 9.17) is 15.9 Å². The van der Waals surface area contributed by atoms with Crippen LogP contribution in [0.25, 0.3) is 5.57 Å². The van der Waals surface area contributed by atoms with Crippen LogP contribution < -0.4 is 5.73 Å². The van der Waals surface area contributed by atoms with Crippen molar-refractivity contribution in [2.45, 2.75) is 13.0 Å². The molecule has 0 amide bonds. The minimum Gasteiger partial charge on any atom is -0.478 e. The second-order valence-electron chi connectivity index (χ2n) is 5.46. The second kappa shape index (κ2) is 10.6. The van der Waals surface area contributed by atoms with Gasteiger partial charge in [0.1, 0.15) is 11.6 Å². The zero-order valence-electron chi connectivity index (χ0n) is 14.5. The van der Waals surface area contributed by atoms with Crippen molar-refractivity contribution >= 4 is 17.5 Å². The summed E-state index contributed by atoms with van der Waals surface area (Å²) >= 11 is 0. The maximum atomic E-state index is 13.0. The first-order chi connectivity index (χ1) is 12.7. The van der Waals surface area contributed by atoms with Gasteiger partial charge in [0.25, 0.3) is 0 Å². The summed E-state index contributed by atoms with van der Waals surface area (Å²) < 4.78 is 25.9. The lowest BCUT2D eigenvalue weighted by atomic mass is 9.96. The van der Waals surface area contributed by atoms with Gasteiger partial charge in [-0.15, -0.1) is 0 Å². The molecule has 1 unspecified atom stereocenters. The molecule has 0 bridgehead atoms. The quantitative estimate of drug-likeness (QED) is 0.695. The van der Waals surface area contributed by atoms with Crippen LogP contribution in [0.1, 0.15) is 18.1 Å². The predicted molar refractivity (Wildman–Crippen MR) is 97.9 cm³/mol. The van der Waals surface area contributed by atoms with E-state index in [0.29, 0.717) is 12.2 Å². The summed E-state index contributed by atoms with van der Waals surface area (Å²) in [6.45, 7) is 1.85. The van der Waals surface area contributed by atoms with Crippen molar-refractivity contribution < 1.29 is 28.6 Å². The third kappa shape index (κ3) is 8.55. The number of carbonyl (C=O) groups is 2. The lowest BCUT2D eigenvalue weighted by Gasteiger charge is -2.10. The minimum absolute atomic E-state index is 0.148. The van der Waals surface area contributed by atoms with E-state index >= 15 is 0 Å². The molecule has 4 N–H and O–H groups in total. The average molecular weight is 375 g/mol. The van der Waals surface area contributed by atoms with Gasteiger partial charge in [-0.25, -0.2) is 18.4 Å². The van der Waals surface area contributed by atoms with Gasteiger partial charge >= 0.3 is 11.9 Å². The molecule has 5 nitrogen and oxygen atoms in total. The van der Waals surface area contributed by atoms with Crippen molar-refractivity contribution in [3.05, 3.63) is 89.5 Å². The molecule has 0 heterocycles. The van der Waals surface area contributed by atoms with Crippen LogP contribution in [0.4, 0.5) is 8.78 Å². The van der Waals surface area contributed by atoms with E-state index in [1.807, 2.05) is 13.0 Å². The Hall–Kier alpha value is -3.32. The van der Waals surface area contributed by atoms with Crippen molar-refractivity contribution in [2.24, 2.45) is 5.73 Å². The first-order valence-corrected chi connectivity index (χ1v) is 7.82. The number of hydrogen-bond donors (Lipinski definition) is 3. The van der Waals surface area contributed by atoms with E-state index in [2.05, 4.69) is 0 Å². The SMILES string of the molecule is CC(N)C=C(c1ccc(F)cc1)c1ccc(F)cc1.O=C(O)/C=C/C(=O)O. The molecule has 0 spiro atoms. The molecule has 0 fully saturated rings. The highest BCUT2D eigenvalue weighted by atomic mass is 19.1.